The topological polar surface area (TPSA) is 34.1 Å². The van der Waals surface area contributed by atoms with E-state index in [0.717, 1.165) is 0 Å². The standard InChI is InChI=1S/2C9H12.2C2H2Cl2O/c2*1-7-4-8(2)6-9(3)5-7;2*3-1-2(4)5/h2*4-6H,1-3H3;2*1H2. The summed E-state index contributed by atoms with van der Waals surface area (Å²) in [7, 11) is 0. The lowest BCUT2D eigenvalue weighted by Crippen LogP contribution is -1.81. The molecule has 0 aliphatic heterocycles. The van der Waals surface area contributed by atoms with Crippen molar-refractivity contribution in [3.05, 3.63) is 69.8 Å². The summed E-state index contributed by atoms with van der Waals surface area (Å²) in [4.78, 5) is 18.9. The molecule has 0 spiro atoms. The van der Waals surface area contributed by atoms with Gasteiger partial charge in [0.1, 0.15) is 0 Å². The Hall–Kier alpha value is -1.06. The van der Waals surface area contributed by atoms with E-state index in [-0.39, 0.29) is 11.8 Å². The zero-order valence-electron chi connectivity index (χ0n) is 17.2. The van der Waals surface area contributed by atoms with Crippen LogP contribution in [0.5, 0.6) is 0 Å². The number of hydrogen-bond donors (Lipinski definition) is 0. The summed E-state index contributed by atoms with van der Waals surface area (Å²) in [5.74, 6) is -0.191. The molecule has 28 heavy (non-hydrogen) atoms. The van der Waals surface area contributed by atoms with Gasteiger partial charge in [-0.2, -0.15) is 0 Å². The third-order valence-electron chi connectivity index (χ3n) is 2.94. The molecule has 0 saturated heterocycles. The monoisotopic (exact) mass is 464 g/mol. The van der Waals surface area contributed by atoms with Gasteiger partial charge in [0.15, 0.2) is 0 Å². The van der Waals surface area contributed by atoms with Crippen molar-refractivity contribution in [1.29, 1.82) is 0 Å². The first kappa shape index (κ1) is 29.1. The number of alkyl halides is 2. The highest BCUT2D eigenvalue weighted by atomic mass is 35.5. The molecule has 0 unspecified atom stereocenters. The maximum atomic E-state index is 9.45. The van der Waals surface area contributed by atoms with Gasteiger partial charge in [-0.05, 0) is 64.7 Å². The summed E-state index contributed by atoms with van der Waals surface area (Å²) < 4.78 is 0. The molecule has 0 N–H and O–H groups in total. The molecule has 0 saturated carbocycles. The highest BCUT2D eigenvalue weighted by Gasteiger charge is 1.88. The maximum Gasteiger partial charge on any atom is 0.236 e. The second-order valence-corrected chi connectivity index (χ2v) is 7.69. The minimum atomic E-state index is -0.508. The van der Waals surface area contributed by atoms with E-state index in [0.29, 0.717) is 0 Å². The van der Waals surface area contributed by atoms with E-state index in [9.17, 15) is 9.59 Å². The quantitative estimate of drug-likeness (QED) is 0.346. The van der Waals surface area contributed by atoms with Gasteiger partial charge < -0.3 is 0 Å². The van der Waals surface area contributed by atoms with Gasteiger partial charge in [0.2, 0.25) is 10.5 Å². The summed E-state index contributed by atoms with van der Waals surface area (Å²) in [6.07, 6.45) is 0. The van der Waals surface area contributed by atoms with E-state index >= 15 is 0 Å². The molecule has 156 valence electrons. The van der Waals surface area contributed by atoms with Crippen molar-refractivity contribution in [2.24, 2.45) is 0 Å². The normalized spacial score (nSPS) is 8.93. The van der Waals surface area contributed by atoms with E-state index in [1.54, 1.807) is 0 Å². The van der Waals surface area contributed by atoms with Crippen molar-refractivity contribution in [3.8, 4) is 0 Å². The summed E-state index contributed by atoms with van der Waals surface area (Å²) >= 11 is 19.1. The molecule has 2 aromatic carbocycles. The largest absolute Gasteiger partial charge is 0.280 e. The fourth-order valence-electron chi connectivity index (χ4n) is 2.40. The molecule has 0 aliphatic rings. The molecule has 0 fully saturated rings. The van der Waals surface area contributed by atoms with Crippen LogP contribution in [0.25, 0.3) is 0 Å². The molecule has 0 radical (unpaired) electrons. The SMILES string of the molecule is Cc1cc(C)cc(C)c1.Cc1cc(C)cc(C)c1.O=C(Cl)CCl.O=C(Cl)CCl. The van der Waals surface area contributed by atoms with Gasteiger partial charge in [0.05, 0.1) is 11.8 Å². The Bertz CT molecular complexity index is 579. The van der Waals surface area contributed by atoms with Crippen LogP contribution in [0.1, 0.15) is 33.4 Å². The van der Waals surface area contributed by atoms with Crippen molar-refractivity contribution >= 4 is 56.9 Å². The minimum absolute atomic E-state index is 0.0957. The van der Waals surface area contributed by atoms with Crippen LogP contribution < -0.4 is 0 Å². The highest BCUT2D eigenvalue weighted by molar-refractivity contribution is 6.68. The Kier molecular flexibility index (Phi) is 17.5. The van der Waals surface area contributed by atoms with E-state index < -0.39 is 10.5 Å². The number of halogens is 4. The smallest absolute Gasteiger partial charge is 0.236 e. The molecule has 2 rings (SSSR count). The van der Waals surface area contributed by atoms with Crippen molar-refractivity contribution in [1.82, 2.24) is 0 Å². The van der Waals surface area contributed by atoms with Crippen LogP contribution in [0, 0.1) is 41.5 Å². The van der Waals surface area contributed by atoms with E-state index in [1.807, 2.05) is 0 Å². The number of hydrogen-bond acceptors (Lipinski definition) is 2. The molecule has 6 heteroatoms. The van der Waals surface area contributed by atoms with Gasteiger partial charge in [-0.3, -0.25) is 9.59 Å². The summed E-state index contributed by atoms with van der Waals surface area (Å²) in [6, 6.07) is 13.1. The molecule has 2 nitrogen and oxygen atoms in total. The van der Waals surface area contributed by atoms with Gasteiger partial charge in [-0.1, -0.05) is 69.8 Å². The minimum Gasteiger partial charge on any atom is -0.280 e. The van der Waals surface area contributed by atoms with Crippen molar-refractivity contribution in [3.63, 3.8) is 0 Å². The zero-order valence-corrected chi connectivity index (χ0v) is 20.2. The van der Waals surface area contributed by atoms with E-state index in [2.05, 4.69) is 77.9 Å². The van der Waals surface area contributed by atoms with Gasteiger partial charge >= 0.3 is 0 Å². The number of carbonyl (C=O) groups excluding carboxylic acids is 2. The molecule has 0 atom stereocenters. The van der Waals surface area contributed by atoms with Crippen LogP contribution in [0.3, 0.4) is 0 Å². The second-order valence-electron chi connectivity index (χ2n) is 6.31. The average Bonchev–Trinajstić information content (AvgIpc) is 2.53. The Morgan fingerprint density at radius 2 is 0.643 bits per heavy atom. The van der Waals surface area contributed by atoms with Crippen molar-refractivity contribution in [2.45, 2.75) is 41.5 Å². The lowest BCUT2D eigenvalue weighted by atomic mass is 10.1. The zero-order chi connectivity index (χ0) is 22.3. The second kappa shape index (κ2) is 16.9. The van der Waals surface area contributed by atoms with E-state index in [1.165, 1.54) is 33.4 Å². The van der Waals surface area contributed by atoms with Gasteiger partial charge in [0, 0.05) is 0 Å². The Morgan fingerprint density at radius 1 is 0.536 bits per heavy atom. The fourth-order valence-corrected chi connectivity index (χ4v) is 2.40. The van der Waals surface area contributed by atoms with Crippen LogP contribution in [-0.4, -0.2) is 22.2 Å². The predicted molar refractivity (Wildman–Crippen MR) is 124 cm³/mol. The molecular formula is C22H28Cl4O2. The maximum absolute atomic E-state index is 9.45. The van der Waals surface area contributed by atoms with Crippen molar-refractivity contribution in [2.75, 3.05) is 11.8 Å². The Morgan fingerprint density at radius 3 is 0.714 bits per heavy atom. The number of aryl methyl sites for hydroxylation is 6. The molecule has 0 heterocycles. The van der Waals surface area contributed by atoms with Gasteiger partial charge in [0.25, 0.3) is 0 Å². The van der Waals surface area contributed by atoms with Gasteiger partial charge in [-0.15, -0.1) is 23.2 Å². The fraction of sp³-hybridized carbons (Fsp3) is 0.364. The summed E-state index contributed by atoms with van der Waals surface area (Å²) in [6.45, 7) is 12.8. The third-order valence-corrected chi connectivity index (χ3v) is 3.97. The summed E-state index contributed by atoms with van der Waals surface area (Å²) in [5, 5.41) is -1.02. The molecule has 0 aliphatic carbocycles. The number of benzene rings is 2. The number of rotatable bonds is 2. The molecular weight excluding hydrogens is 438 g/mol. The first-order chi connectivity index (χ1) is 12.9. The first-order valence-electron chi connectivity index (χ1n) is 8.49. The molecule has 0 aromatic heterocycles. The summed E-state index contributed by atoms with van der Waals surface area (Å²) in [5.41, 5.74) is 8.13. The highest BCUT2D eigenvalue weighted by Crippen LogP contribution is 2.07. The molecule has 0 bridgehead atoms. The molecule has 0 amide bonds. The van der Waals surface area contributed by atoms with Gasteiger partial charge in [-0.25, -0.2) is 0 Å². The van der Waals surface area contributed by atoms with Crippen LogP contribution in [-0.2, 0) is 9.59 Å². The lowest BCUT2D eigenvalue weighted by molar-refractivity contribution is -0.110. The van der Waals surface area contributed by atoms with Crippen LogP contribution in [0.4, 0.5) is 0 Å². The van der Waals surface area contributed by atoms with Crippen LogP contribution in [0.2, 0.25) is 0 Å². The predicted octanol–water partition coefficient (Wildman–Crippen LogP) is 7.20. The van der Waals surface area contributed by atoms with E-state index in [4.69, 9.17) is 46.4 Å². The van der Waals surface area contributed by atoms with Crippen LogP contribution >= 0.6 is 46.4 Å². The third kappa shape index (κ3) is 19.7. The van der Waals surface area contributed by atoms with Crippen molar-refractivity contribution < 1.29 is 9.59 Å². The Labute approximate surface area is 189 Å². The average molecular weight is 466 g/mol. The van der Waals surface area contributed by atoms with Crippen LogP contribution in [0.15, 0.2) is 36.4 Å². The first-order valence-corrected chi connectivity index (χ1v) is 10.3. The lowest BCUT2D eigenvalue weighted by Gasteiger charge is -1.96. The Balaban J connectivity index is 0. The molecule has 2 aromatic rings. The number of carbonyl (C=O) groups is 2.